The number of H-pyrrole nitrogens is 1. The van der Waals surface area contributed by atoms with Crippen LogP contribution in [0.3, 0.4) is 0 Å². The maximum Gasteiger partial charge on any atom is 0.408 e. The molecule has 0 aliphatic carbocycles. The molecule has 0 bridgehead atoms. The molecule has 0 unspecified atom stereocenters. The highest BCUT2D eigenvalue weighted by molar-refractivity contribution is 7.98. The summed E-state index contributed by atoms with van der Waals surface area (Å²) in [6.45, 7) is 4.97. The number of urea groups is 1. The standard InChI is InChI=1S/C35H45N7O9S/c1-35(2,3)51-34(50)41-26(17-21-19-37-23-13-9-8-12-22(21)23)32(48)42-30(46)24(14-15-52-4)39-33(49)40-27(18-28(43)44)31(47)38-25(29(36)45)16-20-10-6-5-7-11-20/h5-13,19,24-27,37H,14-18H2,1-4H3,(H2,36,45)(H,38,47)(H,41,50)(H,43,44)(H2,39,40,49)(H,42,46,48)/t24-,25-,26-,27-/m0/s1. The number of primary amides is 1. The van der Waals surface area contributed by atoms with Crippen LogP contribution in [0.15, 0.2) is 60.8 Å². The van der Waals surface area contributed by atoms with Crippen LogP contribution in [0.2, 0.25) is 0 Å². The fourth-order valence-electron chi connectivity index (χ4n) is 5.07. The molecule has 7 amide bonds. The van der Waals surface area contributed by atoms with Gasteiger partial charge in [-0.2, -0.15) is 11.8 Å². The second-order valence-corrected chi connectivity index (χ2v) is 13.9. The van der Waals surface area contributed by atoms with Gasteiger partial charge >= 0.3 is 18.1 Å². The largest absolute Gasteiger partial charge is 0.481 e. The normalized spacial score (nSPS) is 13.5. The Morgan fingerprint density at radius 2 is 1.44 bits per heavy atom. The molecule has 0 saturated heterocycles. The molecule has 0 radical (unpaired) electrons. The van der Waals surface area contributed by atoms with E-state index in [-0.39, 0.29) is 19.3 Å². The van der Waals surface area contributed by atoms with E-state index < -0.39 is 77.9 Å². The van der Waals surface area contributed by atoms with Gasteiger partial charge < -0.3 is 41.8 Å². The van der Waals surface area contributed by atoms with Gasteiger partial charge in [-0.15, -0.1) is 0 Å². The molecule has 0 aliphatic rings. The number of nitrogens with two attached hydrogens (primary N) is 1. The van der Waals surface area contributed by atoms with Crippen molar-refractivity contribution in [2.45, 2.75) is 76.2 Å². The number of hydrogen-bond acceptors (Lipinski definition) is 9. The Balaban J connectivity index is 1.75. The first-order chi connectivity index (χ1) is 24.6. The first-order valence-electron chi connectivity index (χ1n) is 16.4. The van der Waals surface area contributed by atoms with Gasteiger partial charge in [0.05, 0.1) is 6.42 Å². The van der Waals surface area contributed by atoms with Gasteiger partial charge in [0.15, 0.2) is 0 Å². The molecule has 52 heavy (non-hydrogen) atoms. The number of hydrogen-bond donors (Lipinski definition) is 8. The van der Waals surface area contributed by atoms with Crippen LogP contribution in [-0.2, 0) is 41.6 Å². The summed E-state index contributed by atoms with van der Waals surface area (Å²) >= 11 is 1.36. The van der Waals surface area contributed by atoms with Crippen LogP contribution in [-0.4, -0.2) is 93.6 Å². The Morgan fingerprint density at radius 1 is 0.808 bits per heavy atom. The molecule has 3 aromatic rings. The van der Waals surface area contributed by atoms with Crippen LogP contribution in [0.4, 0.5) is 9.59 Å². The summed E-state index contributed by atoms with van der Waals surface area (Å²) in [6.07, 6.45) is 1.74. The van der Waals surface area contributed by atoms with Gasteiger partial charge in [0.1, 0.15) is 29.8 Å². The van der Waals surface area contributed by atoms with E-state index in [2.05, 4.69) is 31.6 Å². The summed E-state index contributed by atoms with van der Waals surface area (Å²) in [7, 11) is 0. The highest BCUT2D eigenvalue weighted by Crippen LogP contribution is 2.19. The summed E-state index contributed by atoms with van der Waals surface area (Å²) in [4.78, 5) is 92.8. The van der Waals surface area contributed by atoms with E-state index in [1.54, 1.807) is 63.6 Å². The average Bonchev–Trinajstić information content (AvgIpc) is 3.47. The van der Waals surface area contributed by atoms with Crippen molar-refractivity contribution in [3.63, 3.8) is 0 Å². The van der Waals surface area contributed by atoms with Crippen LogP contribution in [0.25, 0.3) is 10.9 Å². The average molecular weight is 740 g/mol. The third kappa shape index (κ3) is 13.3. The number of ether oxygens (including phenoxy) is 1. The number of carboxylic acid groups (broad SMARTS) is 1. The number of amides is 7. The lowest BCUT2D eigenvalue weighted by atomic mass is 10.0. The van der Waals surface area contributed by atoms with Gasteiger partial charge in [-0.05, 0) is 56.4 Å². The minimum atomic E-state index is -1.67. The third-order valence-corrected chi connectivity index (χ3v) is 8.17. The van der Waals surface area contributed by atoms with Crippen molar-refractivity contribution in [3.05, 3.63) is 71.9 Å². The summed E-state index contributed by atoms with van der Waals surface area (Å²) in [5.74, 6) is -4.73. The zero-order valence-corrected chi connectivity index (χ0v) is 30.1. The fraction of sp³-hybridized carbons (Fsp3) is 0.400. The number of aromatic amines is 1. The predicted molar refractivity (Wildman–Crippen MR) is 194 cm³/mol. The molecule has 0 spiro atoms. The van der Waals surface area contributed by atoms with Crippen LogP contribution >= 0.6 is 11.8 Å². The predicted octanol–water partition coefficient (Wildman–Crippen LogP) is 1.72. The number of benzene rings is 2. The molecule has 2 aromatic carbocycles. The number of imide groups is 1. The number of alkyl carbamates (subject to hydrolysis) is 1. The smallest absolute Gasteiger partial charge is 0.408 e. The molecule has 16 nitrogen and oxygen atoms in total. The maximum atomic E-state index is 13.6. The van der Waals surface area contributed by atoms with Crippen molar-refractivity contribution in [2.75, 3.05) is 12.0 Å². The zero-order chi connectivity index (χ0) is 38.4. The molecule has 0 aliphatic heterocycles. The van der Waals surface area contributed by atoms with E-state index in [1.165, 1.54) is 11.8 Å². The van der Waals surface area contributed by atoms with Crippen LogP contribution in [0.5, 0.6) is 0 Å². The summed E-state index contributed by atoms with van der Waals surface area (Å²) < 4.78 is 5.34. The second kappa shape index (κ2) is 19.1. The molecule has 1 heterocycles. The quantitative estimate of drug-likeness (QED) is 0.0995. The molecule has 0 saturated carbocycles. The van der Waals surface area contributed by atoms with Gasteiger partial charge in [0, 0.05) is 29.9 Å². The van der Waals surface area contributed by atoms with Crippen LogP contribution < -0.4 is 32.3 Å². The lowest BCUT2D eigenvalue weighted by molar-refractivity contribution is -0.140. The monoisotopic (exact) mass is 739 g/mol. The molecule has 3 rings (SSSR count). The first kappa shape index (κ1) is 40.8. The first-order valence-corrected chi connectivity index (χ1v) is 17.8. The number of fused-ring (bicyclic) bond motifs is 1. The van der Waals surface area contributed by atoms with E-state index in [9.17, 15) is 38.7 Å². The van der Waals surface area contributed by atoms with E-state index in [0.29, 0.717) is 16.9 Å². The van der Waals surface area contributed by atoms with Crippen LogP contribution in [0.1, 0.15) is 44.7 Å². The SMILES string of the molecule is CSCC[C@H](NC(=O)N[C@@H](CC(=O)O)C(=O)N[C@@H](Cc1ccccc1)C(N)=O)C(=O)NC(=O)[C@H](Cc1c[nH]c2ccccc12)NC(=O)OC(C)(C)C. The number of aliphatic carboxylic acids is 1. The Kier molecular flexibility index (Phi) is 15.0. The van der Waals surface area contributed by atoms with Gasteiger partial charge in [-0.3, -0.25) is 29.3 Å². The molecular weight excluding hydrogens is 694 g/mol. The Labute approximate surface area is 304 Å². The maximum absolute atomic E-state index is 13.6. The van der Waals surface area contributed by atoms with Crippen molar-refractivity contribution in [3.8, 4) is 0 Å². The summed E-state index contributed by atoms with van der Waals surface area (Å²) in [5.41, 5.74) is 6.76. The third-order valence-electron chi connectivity index (χ3n) is 7.53. The molecule has 17 heteroatoms. The minimum absolute atomic E-state index is 0.0168. The van der Waals surface area contributed by atoms with Crippen LogP contribution in [0, 0.1) is 0 Å². The van der Waals surface area contributed by atoms with Crippen molar-refractivity contribution in [1.82, 2.24) is 31.6 Å². The van der Waals surface area contributed by atoms with Crippen molar-refractivity contribution in [1.29, 1.82) is 0 Å². The Hall–Kier alpha value is -5.58. The Morgan fingerprint density at radius 3 is 2.08 bits per heavy atom. The summed E-state index contributed by atoms with van der Waals surface area (Å²) in [5, 5.41) is 22.1. The lowest BCUT2D eigenvalue weighted by Gasteiger charge is -2.25. The van der Waals surface area contributed by atoms with Gasteiger partial charge in [-0.1, -0.05) is 48.5 Å². The second-order valence-electron chi connectivity index (χ2n) is 12.9. The zero-order valence-electron chi connectivity index (χ0n) is 29.3. The minimum Gasteiger partial charge on any atom is -0.481 e. The lowest BCUT2D eigenvalue weighted by Crippen LogP contribution is -2.59. The topological polar surface area (TPSA) is 251 Å². The van der Waals surface area contributed by atoms with Gasteiger partial charge in [0.25, 0.3) is 0 Å². The molecule has 4 atom stereocenters. The number of para-hydroxylation sites is 1. The fourth-order valence-corrected chi connectivity index (χ4v) is 5.54. The molecular formula is C35H45N7O9S. The highest BCUT2D eigenvalue weighted by atomic mass is 32.2. The van der Waals surface area contributed by atoms with Crippen molar-refractivity contribution >= 4 is 64.4 Å². The summed E-state index contributed by atoms with van der Waals surface area (Å²) in [6, 6.07) is 9.42. The number of rotatable bonds is 17. The van der Waals surface area contributed by atoms with Gasteiger partial charge in [0.2, 0.25) is 23.6 Å². The van der Waals surface area contributed by atoms with E-state index in [0.717, 1.165) is 10.9 Å². The number of carbonyl (C=O) groups is 7. The number of nitrogens with one attached hydrogen (secondary N) is 6. The van der Waals surface area contributed by atoms with E-state index >= 15 is 0 Å². The molecule has 9 N–H and O–H groups in total. The molecule has 1 aromatic heterocycles. The molecule has 280 valence electrons. The number of carboxylic acids is 1. The van der Waals surface area contributed by atoms with Crippen molar-refractivity contribution in [2.24, 2.45) is 5.73 Å². The van der Waals surface area contributed by atoms with E-state index in [1.807, 2.05) is 24.3 Å². The molecule has 0 fully saturated rings. The number of carbonyl (C=O) groups excluding carboxylic acids is 6. The number of aromatic nitrogens is 1. The van der Waals surface area contributed by atoms with E-state index in [4.69, 9.17) is 10.5 Å². The Bertz CT molecular complexity index is 1740. The number of thioether (sulfide) groups is 1. The highest BCUT2D eigenvalue weighted by Gasteiger charge is 2.32. The van der Waals surface area contributed by atoms with Gasteiger partial charge in [-0.25, -0.2) is 9.59 Å². The van der Waals surface area contributed by atoms with Crippen molar-refractivity contribution < 1.29 is 43.4 Å².